The summed E-state index contributed by atoms with van der Waals surface area (Å²) >= 11 is 23.5. The van der Waals surface area contributed by atoms with Crippen LogP contribution in [-0.2, 0) is 10.8 Å². The van der Waals surface area contributed by atoms with Crippen LogP contribution < -0.4 is 0 Å². The molecular formula is C68H52S12. The lowest BCUT2D eigenvalue weighted by atomic mass is 9.79. The van der Waals surface area contributed by atoms with E-state index >= 15 is 0 Å². The van der Waals surface area contributed by atoms with E-state index in [9.17, 15) is 0 Å². The fraction of sp³-hybridized carbons (Fsp3) is 0.235. The predicted octanol–water partition coefficient (Wildman–Crippen LogP) is 26.1. The van der Waals surface area contributed by atoms with Crippen LogP contribution >= 0.6 is 136 Å². The molecule has 0 saturated heterocycles. The van der Waals surface area contributed by atoms with Crippen LogP contribution in [0.4, 0.5) is 0 Å². The SMILES string of the molecule is Cc1cc2sc(-c3cc4c(s3)-c3c(C)c5c(c(C)c3C4C)-c3sc(-c4cc6sc(C)cc6s4)cc3C5C)cc2s1.Cc1cc2sc(-c3cc4c(s3)-c3cc5c(cc3C4(C)C)-c3sc(-c4cc6sc(C)cc6s4)cc3C5(C)C)cc2s1. The van der Waals surface area contributed by atoms with E-state index in [4.69, 9.17) is 0 Å². The smallest absolute Gasteiger partial charge is 0.0463 e. The molecule has 12 heterocycles. The van der Waals surface area contributed by atoms with E-state index in [-0.39, 0.29) is 10.8 Å². The Morgan fingerprint density at radius 3 is 0.875 bits per heavy atom. The van der Waals surface area contributed by atoms with Crippen molar-refractivity contribution in [1.29, 1.82) is 0 Å². The summed E-state index contributed by atoms with van der Waals surface area (Å²) in [5.74, 6) is 0.877. The van der Waals surface area contributed by atoms with Gasteiger partial charge < -0.3 is 0 Å². The van der Waals surface area contributed by atoms with Crippen LogP contribution in [0.3, 0.4) is 0 Å². The van der Waals surface area contributed by atoms with Crippen molar-refractivity contribution >= 4 is 174 Å². The van der Waals surface area contributed by atoms with E-state index in [1.165, 1.54) is 171 Å². The van der Waals surface area contributed by atoms with Gasteiger partial charge in [-0.15, -0.1) is 136 Å². The molecule has 12 heteroatoms. The van der Waals surface area contributed by atoms with Gasteiger partial charge in [0.1, 0.15) is 0 Å². The molecule has 0 spiro atoms. The monoisotopic (exact) mass is 1250 g/mol. The summed E-state index contributed by atoms with van der Waals surface area (Å²) in [6.07, 6.45) is 0. The molecule has 2 aromatic carbocycles. The van der Waals surface area contributed by atoms with Crippen LogP contribution in [-0.4, -0.2) is 0 Å². The quantitative estimate of drug-likeness (QED) is 0.165. The molecule has 0 fully saturated rings. The topological polar surface area (TPSA) is 0 Å². The molecule has 396 valence electrons. The lowest BCUT2D eigenvalue weighted by molar-refractivity contribution is 0.653. The molecule has 0 saturated carbocycles. The van der Waals surface area contributed by atoms with E-state index in [0.29, 0.717) is 11.8 Å². The fourth-order valence-corrected chi connectivity index (χ4v) is 29.1. The van der Waals surface area contributed by atoms with E-state index in [0.717, 1.165) is 0 Å². The third-order valence-electron chi connectivity index (χ3n) is 18.0. The maximum atomic E-state index is 2.56. The molecule has 0 radical (unpaired) electrons. The Hall–Kier alpha value is -4.12. The van der Waals surface area contributed by atoms with Crippen LogP contribution in [0.15, 0.2) is 84.9 Å². The van der Waals surface area contributed by atoms with Gasteiger partial charge in [0.25, 0.3) is 0 Å². The number of benzene rings is 2. The summed E-state index contributed by atoms with van der Waals surface area (Å²) in [5, 5.41) is 0. The van der Waals surface area contributed by atoms with E-state index < -0.39 is 0 Å². The second-order valence-electron chi connectivity index (χ2n) is 23.7. The molecule has 2 atom stereocenters. The van der Waals surface area contributed by atoms with Crippen molar-refractivity contribution in [1.82, 2.24) is 0 Å². The van der Waals surface area contributed by atoms with Crippen molar-refractivity contribution in [2.24, 2.45) is 0 Å². The van der Waals surface area contributed by atoms with Crippen molar-refractivity contribution < 1.29 is 0 Å². The third-order valence-corrected chi connectivity index (χ3v) is 32.3. The Bertz CT molecular complexity index is 4570. The van der Waals surface area contributed by atoms with Crippen LogP contribution in [0.25, 0.3) is 118 Å². The molecule has 4 aliphatic carbocycles. The number of hydrogen-bond donors (Lipinski definition) is 0. The minimum atomic E-state index is 0.00261. The second-order valence-corrected chi connectivity index (χ2v) is 37.4. The first-order valence-electron chi connectivity index (χ1n) is 27.3. The maximum Gasteiger partial charge on any atom is 0.0463 e. The first kappa shape index (κ1) is 50.4. The standard InChI is InChI=1S/2C34H26S6/c1-15-7-23-27(35-15)13-29(37-23)25-11-21-31(39-25)17-9-20-18(10-19(17)33(21,3)4)32-22(34(20,5)6)12-26(40-32)30-14-28-24(38-30)8-16(2)36-28;1-13-7-21-25(35-13)11-27(37-21)23-9-19-15(3)29-18(6)32-30(17(5)31(29)33(19)39-23)16(4)20-10-24(40-34(20)32)28-12-26-22(38-28)8-14(2)36-26/h7-14H,1-6H3;7-12,15-16H,1-6H3. The highest BCUT2D eigenvalue weighted by atomic mass is 32.1. The van der Waals surface area contributed by atoms with Gasteiger partial charge in [-0.1, -0.05) is 41.5 Å². The summed E-state index contributed by atoms with van der Waals surface area (Å²) in [6, 6.07) is 34.2. The normalized spacial score (nSPS) is 16.7. The first-order valence-corrected chi connectivity index (χ1v) is 37.1. The molecule has 0 N–H and O–H groups in total. The van der Waals surface area contributed by atoms with Crippen LogP contribution in [0.5, 0.6) is 0 Å². The van der Waals surface area contributed by atoms with E-state index in [1.54, 1.807) is 22.3 Å². The minimum absolute atomic E-state index is 0.00261. The number of hydrogen-bond acceptors (Lipinski definition) is 12. The average Bonchev–Trinajstić information content (AvgIpc) is 2.92. The third kappa shape index (κ3) is 7.05. The predicted molar refractivity (Wildman–Crippen MR) is 369 cm³/mol. The van der Waals surface area contributed by atoms with Crippen LogP contribution in [0.1, 0.15) is 129 Å². The number of aryl methyl sites for hydroxylation is 4. The molecule has 14 aromatic rings. The van der Waals surface area contributed by atoms with E-state index in [1.807, 2.05) is 136 Å². The highest BCUT2D eigenvalue weighted by Crippen LogP contribution is 2.64. The van der Waals surface area contributed by atoms with Gasteiger partial charge in [0, 0.05) is 138 Å². The Morgan fingerprint density at radius 2 is 0.562 bits per heavy atom. The molecule has 0 aliphatic heterocycles. The van der Waals surface area contributed by atoms with Gasteiger partial charge in [0.2, 0.25) is 0 Å². The number of rotatable bonds is 4. The minimum Gasteiger partial charge on any atom is -0.140 e. The first-order chi connectivity index (χ1) is 38.3. The van der Waals surface area contributed by atoms with Crippen molar-refractivity contribution in [2.45, 2.75) is 106 Å². The number of fused-ring (bicyclic) bond motifs is 16. The van der Waals surface area contributed by atoms with Crippen LogP contribution in [0, 0.1) is 41.5 Å². The lowest BCUT2D eigenvalue weighted by Gasteiger charge is -2.24. The Labute approximate surface area is 514 Å². The maximum absolute atomic E-state index is 2.56. The molecule has 18 rings (SSSR count). The molecular weight excluding hydrogens is 1200 g/mol. The average molecular weight is 1250 g/mol. The summed E-state index contributed by atoms with van der Waals surface area (Å²) < 4.78 is 11.4. The zero-order chi connectivity index (χ0) is 54.5. The Kier molecular flexibility index (Phi) is 10.9. The molecule has 80 heavy (non-hydrogen) atoms. The van der Waals surface area contributed by atoms with Crippen molar-refractivity contribution in [3.05, 3.63) is 160 Å². The van der Waals surface area contributed by atoms with Crippen molar-refractivity contribution in [3.63, 3.8) is 0 Å². The lowest BCUT2D eigenvalue weighted by Crippen LogP contribution is -2.16. The fourth-order valence-electron chi connectivity index (χ4n) is 14.1. The molecule has 0 bridgehead atoms. The summed E-state index contributed by atoms with van der Waals surface area (Å²) in [4.78, 5) is 23.0. The molecule has 0 nitrogen and oxygen atoms in total. The van der Waals surface area contributed by atoms with Gasteiger partial charge in [-0.3, -0.25) is 0 Å². The molecule has 4 aliphatic rings. The van der Waals surface area contributed by atoms with Gasteiger partial charge in [-0.25, -0.2) is 0 Å². The zero-order valence-electron chi connectivity index (χ0n) is 46.1. The highest BCUT2D eigenvalue weighted by Gasteiger charge is 2.45. The van der Waals surface area contributed by atoms with Gasteiger partial charge in [0.05, 0.1) is 0 Å². The molecule has 0 amide bonds. The Morgan fingerprint density at radius 1 is 0.287 bits per heavy atom. The van der Waals surface area contributed by atoms with Crippen molar-refractivity contribution in [3.8, 4) is 80.8 Å². The zero-order valence-corrected chi connectivity index (χ0v) is 55.9. The Balaban J connectivity index is 0.000000128. The summed E-state index contributed by atoms with van der Waals surface area (Å²) in [7, 11) is 0. The molecule has 2 unspecified atom stereocenters. The van der Waals surface area contributed by atoms with Gasteiger partial charge in [-0.05, 0) is 204 Å². The molecule has 12 aromatic heterocycles. The van der Waals surface area contributed by atoms with Gasteiger partial charge in [-0.2, -0.15) is 0 Å². The van der Waals surface area contributed by atoms with Gasteiger partial charge >= 0.3 is 0 Å². The van der Waals surface area contributed by atoms with E-state index in [2.05, 4.69) is 168 Å². The van der Waals surface area contributed by atoms with Crippen molar-refractivity contribution in [2.75, 3.05) is 0 Å². The van der Waals surface area contributed by atoms with Gasteiger partial charge in [0.15, 0.2) is 0 Å². The summed E-state index contributed by atoms with van der Waals surface area (Å²) in [6.45, 7) is 28.3. The van der Waals surface area contributed by atoms with Crippen LogP contribution in [0.2, 0.25) is 0 Å². The summed E-state index contributed by atoms with van der Waals surface area (Å²) in [5.41, 5.74) is 21.2. The highest BCUT2D eigenvalue weighted by molar-refractivity contribution is 7.34. The second kappa shape index (κ2) is 17.3. The largest absolute Gasteiger partial charge is 0.140 e. The number of thiophene rings is 12.